The van der Waals surface area contributed by atoms with Gasteiger partial charge in [0.2, 0.25) is 0 Å². The zero-order chi connectivity index (χ0) is 17.3. The van der Waals surface area contributed by atoms with Crippen LogP contribution in [0.2, 0.25) is 5.02 Å². The largest absolute Gasteiger partial charge is 0.346 e. The fourth-order valence-corrected chi connectivity index (χ4v) is 3.46. The van der Waals surface area contributed by atoms with Crippen molar-refractivity contribution >= 4 is 11.6 Å². The summed E-state index contributed by atoms with van der Waals surface area (Å²) in [5.41, 5.74) is 0.897. The highest BCUT2D eigenvalue weighted by molar-refractivity contribution is 6.32. The van der Waals surface area contributed by atoms with E-state index in [4.69, 9.17) is 11.6 Å². The summed E-state index contributed by atoms with van der Waals surface area (Å²) in [6.07, 6.45) is 1.91. The van der Waals surface area contributed by atoms with Gasteiger partial charge in [-0.1, -0.05) is 17.7 Å². The number of piperidine rings is 1. The van der Waals surface area contributed by atoms with Crippen LogP contribution in [-0.4, -0.2) is 27.4 Å². The molecule has 0 aliphatic carbocycles. The molecule has 1 aromatic carbocycles. The third-order valence-corrected chi connectivity index (χ3v) is 5.19. The lowest BCUT2D eigenvalue weighted by atomic mass is 9.97. The minimum absolute atomic E-state index is 0.0517. The van der Waals surface area contributed by atoms with Crippen LogP contribution in [0.25, 0.3) is 0 Å². The summed E-state index contributed by atoms with van der Waals surface area (Å²) < 4.78 is 17.2. The highest BCUT2D eigenvalue weighted by atomic mass is 35.5. The number of aromatic nitrogens is 3. The topological polar surface area (TPSA) is 51.9 Å². The van der Waals surface area contributed by atoms with E-state index in [1.54, 1.807) is 10.6 Å². The zero-order valence-electron chi connectivity index (χ0n) is 14.0. The van der Waals surface area contributed by atoms with E-state index in [0.29, 0.717) is 17.1 Å². The highest BCUT2D eigenvalue weighted by Crippen LogP contribution is 2.25. The monoisotopic (exact) mass is 352 g/mol. The minimum Gasteiger partial charge on any atom is -0.317 e. The average Bonchev–Trinajstić information content (AvgIpc) is 2.91. The van der Waals surface area contributed by atoms with E-state index in [1.165, 1.54) is 10.7 Å². The number of rotatable bonds is 4. The molecule has 1 aromatic heterocycles. The van der Waals surface area contributed by atoms with Crippen molar-refractivity contribution in [3.8, 4) is 0 Å². The molecule has 7 heteroatoms. The van der Waals surface area contributed by atoms with Gasteiger partial charge in [0.25, 0.3) is 0 Å². The fourth-order valence-electron chi connectivity index (χ4n) is 3.25. The zero-order valence-corrected chi connectivity index (χ0v) is 14.7. The van der Waals surface area contributed by atoms with Gasteiger partial charge in [0.1, 0.15) is 11.6 Å². The molecular weight excluding hydrogens is 331 g/mol. The molecule has 0 bridgehead atoms. The van der Waals surface area contributed by atoms with Gasteiger partial charge >= 0.3 is 5.69 Å². The lowest BCUT2D eigenvalue weighted by molar-refractivity contribution is 0.429. The maximum Gasteiger partial charge on any atom is 0.346 e. The molecular formula is C17H22ClFN4O. The molecule has 5 nitrogen and oxygen atoms in total. The second-order valence-corrected chi connectivity index (χ2v) is 6.60. The molecule has 0 radical (unpaired) electrons. The first-order chi connectivity index (χ1) is 11.5. The lowest BCUT2D eigenvalue weighted by Crippen LogP contribution is -2.29. The van der Waals surface area contributed by atoms with Crippen molar-refractivity contribution in [2.24, 2.45) is 0 Å². The molecule has 0 amide bonds. The predicted octanol–water partition coefficient (Wildman–Crippen LogP) is 2.68. The Morgan fingerprint density at radius 2 is 2.08 bits per heavy atom. The Labute approximate surface area is 145 Å². The third-order valence-electron chi connectivity index (χ3n) is 4.66. The van der Waals surface area contributed by atoms with Crippen LogP contribution in [-0.2, 0) is 13.1 Å². The third kappa shape index (κ3) is 3.13. The molecule has 130 valence electrons. The van der Waals surface area contributed by atoms with Gasteiger partial charge in [-0.25, -0.2) is 13.9 Å². The molecule has 1 fully saturated rings. The second-order valence-electron chi connectivity index (χ2n) is 6.22. The number of hydrogen-bond acceptors (Lipinski definition) is 3. The van der Waals surface area contributed by atoms with Gasteiger partial charge < -0.3 is 5.32 Å². The maximum absolute atomic E-state index is 14.1. The van der Waals surface area contributed by atoms with Crippen LogP contribution in [0.1, 0.15) is 42.6 Å². The summed E-state index contributed by atoms with van der Waals surface area (Å²) in [5.74, 6) is 0.651. The number of nitrogens with one attached hydrogen (secondary N) is 1. The molecule has 2 heterocycles. The van der Waals surface area contributed by atoms with Crippen LogP contribution in [0.15, 0.2) is 16.9 Å². The van der Waals surface area contributed by atoms with Crippen LogP contribution in [0.4, 0.5) is 4.39 Å². The van der Waals surface area contributed by atoms with Crippen molar-refractivity contribution in [3.63, 3.8) is 0 Å². The normalized spacial score (nSPS) is 15.8. The van der Waals surface area contributed by atoms with Gasteiger partial charge in [0, 0.05) is 18.0 Å². The summed E-state index contributed by atoms with van der Waals surface area (Å²) >= 11 is 6.23. The van der Waals surface area contributed by atoms with E-state index in [-0.39, 0.29) is 18.2 Å². The van der Waals surface area contributed by atoms with E-state index >= 15 is 0 Å². The number of nitrogens with zero attached hydrogens (tertiary/aromatic N) is 3. The molecule has 0 unspecified atom stereocenters. The molecule has 1 saturated heterocycles. The first-order valence-corrected chi connectivity index (χ1v) is 8.72. The fraction of sp³-hybridized carbons (Fsp3) is 0.529. The van der Waals surface area contributed by atoms with Gasteiger partial charge in [-0.15, -0.1) is 0 Å². The average molecular weight is 353 g/mol. The van der Waals surface area contributed by atoms with Gasteiger partial charge in [-0.3, -0.25) is 4.57 Å². The van der Waals surface area contributed by atoms with Gasteiger partial charge in [-0.05, 0) is 51.4 Å². The van der Waals surface area contributed by atoms with E-state index in [1.807, 2.05) is 13.8 Å². The summed E-state index contributed by atoms with van der Waals surface area (Å²) in [6.45, 7) is 6.21. The van der Waals surface area contributed by atoms with Crippen LogP contribution < -0.4 is 11.0 Å². The Kier molecular flexibility index (Phi) is 5.06. The second kappa shape index (κ2) is 7.07. The van der Waals surface area contributed by atoms with Crippen molar-refractivity contribution in [1.29, 1.82) is 0 Å². The van der Waals surface area contributed by atoms with Crippen molar-refractivity contribution in [3.05, 3.63) is 50.4 Å². The van der Waals surface area contributed by atoms with E-state index in [0.717, 1.165) is 37.3 Å². The summed E-state index contributed by atoms with van der Waals surface area (Å²) in [7, 11) is 0. The molecule has 3 rings (SSSR count). The Bertz CT molecular complexity index is 793. The van der Waals surface area contributed by atoms with Crippen LogP contribution in [0.3, 0.4) is 0 Å². The van der Waals surface area contributed by atoms with Gasteiger partial charge in [0.15, 0.2) is 0 Å². The molecule has 0 saturated carbocycles. The number of benzene rings is 1. The Morgan fingerprint density at radius 1 is 1.38 bits per heavy atom. The summed E-state index contributed by atoms with van der Waals surface area (Å²) in [4.78, 5) is 12.7. The Morgan fingerprint density at radius 3 is 2.75 bits per heavy atom. The molecule has 2 aromatic rings. The van der Waals surface area contributed by atoms with E-state index < -0.39 is 5.82 Å². The van der Waals surface area contributed by atoms with E-state index in [2.05, 4.69) is 10.4 Å². The van der Waals surface area contributed by atoms with Gasteiger partial charge in [0.05, 0.1) is 11.6 Å². The molecule has 1 aliphatic rings. The first kappa shape index (κ1) is 17.2. The predicted molar refractivity (Wildman–Crippen MR) is 92.3 cm³/mol. The van der Waals surface area contributed by atoms with E-state index in [9.17, 15) is 9.18 Å². The van der Waals surface area contributed by atoms with Crippen molar-refractivity contribution in [1.82, 2.24) is 19.7 Å². The Balaban J connectivity index is 1.99. The first-order valence-electron chi connectivity index (χ1n) is 8.34. The standard InChI is InChI=1S/C17H22ClFN4O/c1-3-22-16(12-6-8-20-9-7-12)21-23(17(22)24)10-13-14(19)5-4-11(2)15(13)18/h4-5,12,20H,3,6-10H2,1-2H3. The van der Waals surface area contributed by atoms with Gasteiger partial charge in [-0.2, -0.15) is 5.10 Å². The summed E-state index contributed by atoms with van der Waals surface area (Å²) in [5, 5.41) is 8.20. The van der Waals surface area contributed by atoms with Crippen molar-refractivity contribution < 1.29 is 4.39 Å². The number of halogens is 2. The highest BCUT2D eigenvalue weighted by Gasteiger charge is 2.24. The maximum atomic E-state index is 14.1. The minimum atomic E-state index is -0.410. The van der Waals surface area contributed by atoms with Crippen molar-refractivity contribution in [2.75, 3.05) is 13.1 Å². The molecule has 0 spiro atoms. The van der Waals surface area contributed by atoms with Crippen molar-refractivity contribution in [2.45, 2.75) is 45.7 Å². The van der Waals surface area contributed by atoms with Crippen LogP contribution in [0.5, 0.6) is 0 Å². The molecule has 0 atom stereocenters. The summed E-state index contributed by atoms with van der Waals surface area (Å²) in [6, 6.07) is 3.02. The number of hydrogen-bond donors (Lipinski definition) is 1. The number of aryl methyl sites for hydroxylation is 1. The lowest BCUT2D eigenvalue weighted by Gasteiger charge is -2.21. The van der Waals surface area contributed by atoms with Crippen LogP contribution >= 0.6 is 11.6 Å². The van der Waals surface area contributed by atoms with Crippen LogP contribution in [0, 0.1) is 12.7 Å². The SMILES string of the molecule is CCn1c(C2CCNCC2)nn(Cc2c(F)ccc(C)c2Cl)c1=O. The molecule has 1 N–H and O–H groups in total. The molecule has 1 aliphatic heterocycles. The Hall–Kier alpha value is -1.66. The smallest absolute Gasteiger partial charge is 0.317 e. The quantitative estimate of drug-likeness (QED) is 0.920. The molecule has 24 heavy (non-hydrogen) atoms.